The van der Waals surface area contributed by atoms with Crippen LogP contribution < -0.4 is 0 Å². The maximum Gasteiger partial charge on any atom is 0.167 e. The summed E-state index contributed by atoms with van der Waals surface area (Å²) in [5.41, 5.74) is 0.324. The van der Waals surface area contributed by atoms with E-state index in [0.29, 0.717) is 12.0 Å². The van der Waals surface area contributed by atoms with Gasteiger partial charge in [-0.3, -0.25) is 4.79 Å². The van der Waals surface area contributed by atoms with Gasteiger partial charge in [-0.05, 0) is 12.8 Å². The highest BCUT2D eigenvalue weighted by Gasteiger charge is 2.18. The van der Waals surface area contributed by atoms with Crippen molar-refractivity contribution in [1.82, 2.24) is 0 Å². The highest BCUT2D eigenvalue weighted by Crippen LogP contribution is 2.24. The zero-order valence-electron chi connectivity index (χ0n) is 8.49. The summed E-state index contributed by atoms with van der Waals surface area (Å²) in [7, 11) is 0. The van der Waals surface area contributed by atoms with Crippen LogP contribution in [0.25, 0.3) is 0 Å². The maximum atomic E-state index is 10.3. The molecule has 0 unspecified atom stereocenters. The molecule has 1 aliphatic rings. The summed E-state index contributed by atoms with van der Waals surface area (Å²) in [4.78, 5) is 10.3. The van der Waals surface area contributed by atoms with Crippen molar-refractivity contribution in [3.8, 4) is 0 Å². The Morgan fingerprint density at radius 2 is 1.85 bits per heavy atom. The Morgan fingerprint density at radius 3 is 2.23 bits per heavy atom. The molecule has 76 valence electrons. The van der Waals surface area contributed by atoms with Crippen molar-refractivity contribution < 1.29 is 10.0 Å². The third-order valence-corrected chi connectivity index (χ3v) is 2.26. The fourth-order valence-electron chi connectivity index (χ4n) is 1.60. The minimum absolute atomic E-state index is 0.214. The summed E-state index contributed by atoms with van der Waals surface area (Å²) in [6.07, 6.45) is 6.20. The Morgan fingerprint density at radius 1 is 1.31 bits per heavy atom. The normalized spacial score (nSPS) is 18.8. The van der Waals surface area contributed by atoms with E-state index in [9.17, 15) is 4.79 Å². The molecule has 3 heteroatoms. The lowest BCUT2D eigenvalue weighted by molar-refractivity contribution is -0.103. The lowest BCUT2D eigenvalue weighted by atomic mass is 9.86. The van der Waals surface area contributed by atoms with Gasteiger partial charge >= 0.3 is 0 Å². The number of rotatable bonds is 2. The fourth-order valence-corrected chi connectivity index (χ4v) is 1.60. The molecule has 0 saturated heterocycles. The molecule has 1 N–H and O–H groups in total. The minimum Gasteiger partial charge on any atom is -0.411 e. The molecule has 1 fully saturated rings. The van der Waals surface area contributed by atoms with E-state index in [1.165, 1.54) is 6.42 Å². The standard InChI is InChI=1S/C8H13NO2.C2H6/c10-6-8(9-11)7-4-2-1-3-5-7;1-2/h6-7,11H,1-5H2;1-2H3/b9-8-;. The van der Waals surface area contributed by atoms with E-state index in [0.717, 1.165) is 25.7 Å². The van der Waals surface area contributed by atoms with Crippen LogP contribution in [-0.2, 0) is 4.79 Å². The molecule has 0 aliphatic heterocycles. The number of aldehydes is 1. The molecule has 0 atom stereocenters. The zero-order chi connectivity index (χ0) is 10.1. The van der Waals surface area contributed by atoms with Gasteiger partial charge in [-0.15, -0.1) is 0 Å². The molecule has 1 saturated carbocycles. The van der Waals surface area contributed by atoms with E-state index < -0.39 is 0 Å². The van der Waals surface area contributed by atoms with Crippen molar-refractivity contribution in [1.29, 1.82) is 0 Å². The Kier molecular flexibility index (Phi) is 7.26. The Bertz CT molecular complexity index is 160. The van der Waals surface area contributed by atoms with Gasteiger partial charge in [-0.25, -0.2) is 0 Å². The van der Waals surface area contributed by atoms with Gasteiger partial charge in [0.2, 0.25) is 0 Å². The maximum absolute atomic E-state index is 10.3. The smallest absolute Gasteiger partial charge is 0.167 e. The molecule has 0 aromatic heterocycles. The number of carbonyl (C=O) groups is 1. The summed E-state index contributed by atoms with van der Waals surface area (Å²) < 4.78 is 0. The molecule has 0 amide bonds. The Labute approximate surface area is 79.8 Å². The lowest BCUT2D eigenvalue weighted by Crippen LogP contribution is -2.18. The number of hydrogen-bond acceptors (Lipinski definition) is 3. The highest BCUT2D eigenvalue weighted by atomic mass is 16.4. The minimum atomic E-state index is 0.214. The van der Waals surface area contributed by atoms with Crippen LogP contribution >= 0.6 is 0 Å². The molecule has 0 bridgehead atoms. The third-order valence-electron chi connectivity index (χ3n) is 2.26. The average molecular weight is 185 g/mol. The summed E-state index contributed by atoms with van der Waals surface area (Å²) in [5.74, 6) is 0.214. The largest absolute Gasteiger partial charge is 0.411 e. The summed E-state index contributed by atoms with van der Waals surface area (Å²) in [6, 6.07) is 0. The third kappa shape index (κ3) is 4.06. The second-order valence-corrected chi connectivity index (χ2v) is 2.98. The topological polar surface area (TPSA) is 49.7 Å². The van der Waals surface area contributed by atoms with Crippen molar-refractivity contribution in [2.75, 3.05) is 0 Å². The molecule has 0 heterocycles. The first kappa shape index (κ1) is 12.1. The molecule has 1 aliphatic carbocycles. The van der Waals surface area contributed by atoms with Crippen LogP contribution in [0.3, 0.4) is 0 Å². The van der Waals surface area contributed by atoms with Crippen LogP contribution in [0.1, 0.15) is 46.0 Å². The Hall–Kier alpha value is -0.860. The number of hydrogen-bond donors (Lipinski definition) is 1. The van der Waals surface area contributed by atoms with Gasteiger partial charge in [-0.2, -0.15) is 0 Å². The van der Waals surface area contributed by atoms with E-state index in [4.69, 9.17) is 5.21 Å². The van der Waals surface area contributed by atoms with Crippen LogP contribution in [0, 0.1) is 5.92 Å². The number of nitrogens with zero attached hydrogens (tertiary/aromatic N) is 1. The van der Waals surface area contributed by atoms with Crippen molar-refractivity contribution in [2.45, 2.75) is 46.0 Å². The number of oxime groups is 1. The van der Waals surface area contributed by atoms with E-state index >= 15 is 0 Å². The summed E-state index contributed by atoms with van der Waals surface area (Å²) >= 11 is 0. The quantitative estimate of drug-likeness (QED) is 0.311. The molecule has 1 rings (SSSR count). The Balaban J connectivity index is 0.000000671. The molecule has 0 radical (unpaired) electrons. The molecule has 0 aromatic carbocycles. The molecular weight excluding hydrogens is 166 g/mol. The lowest BCUT2D eigenvalue weighted by Gasteiger charge is -2.19. The first-order chi connectivity index (χ1) is 6.38. The first-order valence-electron chi connectivity index (χ1n) is 5.05. The van der Waals surface area contributed by atoms with Crippen molar-refractivity contribution in [3.05, 3.63) is 0 Å². The van der Waals surface area contributed by atoms with E-state index in [-0.39, 0.29) is 5.92 Å². The van der Waals surface area contributed by atoms with Crippen molar-refractivity contribution >= 4 is 12.0 Å². The molecule has 3 nitrogen and oxygen atoms in total. The van der Waals surface area contributed by atoms with E-state index in [1.54, 1.807) is 0 Å². The predicted octanol–water partition coefficient (Wildman–Crippen LogP) is 2.62. The molecule has 0 aromatic rings. The van der Waals surface area contributed by atoms with Crippen LogP contribution in [0.2, 0.25) is 0 Å². The number of carbonyl (C=O) groups excluding carboxylic acids is 1. The van der Waals surface area contributed by atoms with Crippen LogP contribution in [0.4, 0.5) is 0 Å². The van der Waals surface area contributed by atoms with Crippen LogP contribution in [0.5, 0.6) is 0 Å². The van der Waals surface area contributed by atoms with Gasteiger partial charge in [0.25, 0.3) is 0 Å². The van der Waals surface area contributed by atoms with Crippen LogP contribution in [0.15, 0.2) is 5.16 Å². The SMILES string of the molecule is CC.O=C/C(=N/O)C1CCCCC1. The predicted molar refractivity (Wildman–Crippen MR) is 53.2 cm³/mol. The second kappa shape index (κ2) is 7.77. The first-order valence-corrected chi connectivity index (χ1v) is 5.05. The van der Waals surface area contributed by atoms with Gasteiger partial charge in [0.15, 0.2) is 6.29 Å². The molecule has 0 spiro atoms. The van der Waals surface area contributed by atoms with E-state index in [2.05, 4.69) is 5.16 Å². The second-order valence-electron chi connectivity index (χ2n) is 2.98. The van der Waals surface area contributed by atoms with Gasteiger partial charge < -0.3 is 5.21 Å². The van der Waals surface area contributed by atoms with Crippen molar-refractivity contribution in [2.24, 2.45) is 11.1 Å². The molecular formula is C10H19NO2. The summed E-state index contributed by atoms with van der Waals surface area (Å²) in [5, 5.41) is 11.4. The van der Waals surface area contributed by atoms with Gasteiger partial charge in [0.05, 0.1) is 0 Å². The van der Waals surface area contributed by atoms with Crippen LogP contribution in [-0.4, -0.2) is 17.2 Å². The van der Waals surface area contributed by atoms with E-state index in [1.807, 2.05) is 13.8 Å². The molecule has 13 heavy (non-hydrogen) atoms. The zero-order valence-corrected chi connectivity index (χ0v) is 8.49. The van der Waals surface area contributed by atoms with Gasteiger partial charge in [0, 0.05) is 5.92 Å². The monoisotopic (exact) mass is 185 g/mol. The fraction of sp³-hybridized carbons (Fsp3) is 0.800. The highest BCUT2D eigenvalue weighted by molar-refractivity contribution is 6.29. The van der Waals surface area contributed by atoms with Crippen molar-refractivity contribution in [3.63, 3.8) is 0 Å². The van der Waals surface area contributed by atoms with Gasteiger partial charge in [-0.1, -0.05) is 38.3 Å². The average Bonchev–Trinajstić information content (AvgIpc) is 2.24. The summed E-state index contributed by atoms with van der Waals surface area (Å²) in [6.45, 7) is 4.00. The van der Waals surface area contributed by atoms with Gasteiger partial charge in [0.1, 0.15) is 5.71 Å².